The normalized spacial score (nSPS) is 18.3. The van der Waals surface area contributed by atoms with E-state index in [-0.39, 0.29) is 30.9 Å². The molecule has 1 aromatic heterocycles. The Balaban J connectivity index is 1.58. The Hall–Kier alpha value is -3.49. The molecule has 156 valence electrons. The molecule has 1 atom stereocenters. The van der Waals surface area contributed by atoms with Gasteiger partial charge in [-0.2, -0.15) is 10.4 Å². The first kappa shape index (κ1) is 19.8. The number of hydrogen-bond donors (Lipinski definition) is 2. The van der Waals surface area contributed by atoms with Crippen LogP contribution in [0.2, 0.25) is 0 Å². The molecule has 2 aromatic rings. The number of hydrogen-bond acceptors (Lipinski definition) is 6. The molecule has 1 unspecified atom stereocenters. The maximum atomic E-state index is 14.0. The highest BCUT2D eigenvalue weighted by atomic mass is 19.1. The number of aliphatic hydroxyl groups excluding tert-OH is 1. The molecule has 2 aliphatic rings. The minimum atomic E-state index is -0.650. The molecule has 0 saturated heterocycles. The highest BCUT2D eigenvalue weighted by molar-refractivity contribution is 5.94. The summed E-state index contributed by atoms with van der Waals surface area (Å²) in [6.07, 6.45) is -0.193. The van der Waals surface area contributed by atoms with Crippen molar-refractivity contribution in [1.82, 2.24) is 19.7 Å². The van der Waals surface area contributed by atoms with Gasteiger partial charge in [0, 0.05) is 25.6 Å². The molecule has 2 aliphatic heterocycles. The average molecular weight is 414 g/mol. The van der Waals surface area contributed by atoms with Crippen LogP contribution in [0.5, 0.6) is 0 Å². The van der Waals surface area contributed by atoms with Gasteiger partial charge in [-0.15, -0.1) is 0 Å². The molecule has 0 spiro atoms. The van der Waals surface area contributed by atoms with Gasteiger partial charge in [0.15, 0.2) is 0 Å². The number of nitrogens with zero attached hydrogens (tertiary/aromatic N) is 5. The van der Waals surface area contributed by atoms with Gasteiger partial charge in [-0.25, -0.2) is 14.2 Å². The zero-order valence-corrected chi connectivity index (χ0v) is 16.1. The number of halogens is 1. The van der Waals surface area contributed by atoms with E-state index in [0.29, 0.717) is 29.9 Å². The van der Waals surface area contributed by atoms with Crippen molar-refractivity contribution in [2.45, 2.75) is 25.6 Å². The van der Waals surface area contributed by atoms with Gasteiger partial charge in [-0.05, 0) is 18.2 Å². The number of carbonyl (C=O) groups is 2. The van der Waals surface area contributed by atoms with E-state index in [0.717, 1.165) is 11.1 Å². The van der Waals surface area contributed by atoms with Crippen molar-refractivity contribution in [3.05, 3.63) is 46.5 Å². The van der Waals surface area contributed by atoms with E-state index in [9.17, 15) is 19.1 Å². The summed E-state index contributed by atoms with van der Waals surface area (Å²) in [4.78, 5) is 32.3. The molecule has 3 heterocycles. The lowest BCUT2D eigenvalue weighted by Gasteiger charge is -2.27. The number of hydroxylamine groups is 2. The number of nitrogens with one attached hydrogen (secondary N) is 1. The van der Waals surface area contributed by atoms with Crippen molar-refractivity contribution in [2.24, 2.45) is 0 Å². The van der Waals surface area contributed by atoms with Crippen LogP contribution in [0.1, 0.15) is 27.3 Å². The number of aromatic nitrogens is 2. The lowest BCUT2D eigenvalue weighted by atomic mass is 10.1. The number of rotatable bonds is 2. The summed E-state index contributed by atoms with van der Waals surface area (Å²) in [5.74, 6) is -1.07. The monoisotopic (exact) mass is 414 g/mol. The third kappa shape index (κ3) is 3.47. The largest absolute Gasteiger partial charge is 0.393 e. The maximum absolute atomic E-state index is 14.0. The van der Waals surface area contributed by atoms with Crippen LogP contribution in [0.15, 0.2) is 18.2 Å². The van der Waals surface area contributed by atoms with Gasteiger partial charge in [0.2, 0.25) is 0 Å². The first-order valence-electron chi connectivity index (χ1n) is 9.31. The Kier molecular flexibility index (Phi) is 5.11. The lowest BCUT2D eigenvalue weighted by Crippen LogP contribution is -2.40. The fourth-order valence-corrected chi connectivity index (χ4v) is 3.59. The number of aliphatic hydroxyl groups is 1. The molecule has 2 N–H and O–H groups in total. The molecule has 10 nitrogen and oxygen atoms in total. The molecule has 11 heteroatoms. The van der Waals surface area contributed by atoms with Gasteiger partial charge in [-0.3, -0.25) is 14.3 Å². The number of benzene rings is 1. The second-order valence-corrected chi connectivity index (χ2v) is 7.08. The molecule has 0 saturated carbocycles. The number of fused-ring (bicyclic) bond motifs is 3. The Morgan fingerprint density at radius 1 is 1.50 bits per heavy atom. The van der Waals surface area contributed by atoms with Crippen LogP contribution >= 0.6 is 0 Å². The Bertz CT molecular complexity index is 1060. The van der Waals surface area contributed by atoms with Crippen molar-refractivity contribution in [1.29, 1.82) is 5.26 Å². The summed E-state index contributed by atoms with van der Waals surface area (Å²) >= 11 is 0. The molecular formula is C19H19FN6O4. The molecule has 0 bridgehead atoms. The van der Waals surface area contributed by atoms with Gasteiger partial charge in [-0.1, -0.05) is 0 Å². The fraction of sp³-hybridized carbons (Fsp3) is 0.368. The van der Waals surface area contributed by atoms with Crippen LogP contribution in [-0.2, 0) is 24.3 Å². The predicted octanol–water partition coefficient (Wildman–Crippen LogP) is 0.862. The van der Waals surface area contributed by atoms with Crippen LogP contribution in [0.3, 0.4) is 0 Å². The summed E-state index contributed by atoms with van der Waals surface area (Å²) in [6.45, 7) is 0.370. The van der Waals surface area contributed by atoms with E-state index in [1.165, 1.54) is 28.8 Å². The first-order valence-corrected chi connectivity index (χ1v) is 9.31. The van der Waals surface area contributed by atoms with Crippen molar-refractivity contribution in [3.63, 3.8) is 0 Å². The summed E-state index contributed by atoms with van der Waals surface area (Å²) in [7, 11) is 1.46. The lowest BCUT2D eigenvalue weighted by molar-refractivity contribution is -0.159. The van der Waals surface area contributed by atoms with E-state index < -0.39 is 23.9 Å². The van der Waals surface area contributed by atoms with Crippen molar-refractivity contribution < 1.29 is 23.9 Å². The van der Waals surface area contributed by atoms with Crippen molar-refractivity contribution in [2.75, 3.05) is 25.5 Å². The Morgan fingerprint density at radius 2 is 2.30 bits per heavy atom. The van der Waals surface area contributed by atoms with E-state index >= 15 is 0 Å². The Morgan fingerprint density at radius 3 is 3.03 bits per heavy atom. The standard InChI is InChI=1S/C19H19FN6O4/c1-24-18(28)17-13-9-25(5-4-15(13)23-26(17)8-12(10-27)30-24)19(29)22-16-6-11(7-21)2-3-14(16)20/h2-3,6,12,27H,4-5,8-10H2,1H3,(H,22,29). The number of nitriles is 1. The second kappa shape index (κ2) is 7.74. The molecule has 3 amide bonds. The molecule has 0 fully saturated rings. The molecule has 4 rings (SSSR count). The van der Waals surface area contributed by atoms with Gasteiger partial charge in [0.25, 0.3) is 5.91 Å². The third-order valence-corrected chi connectivity index (χ3v) is 5.10. The number of anilines is 1. The van der Waals surface area contributed by atoms with Crippen molar-refractivity contribution in [3.8, 4) is 6.07 Å². The maximum Gasteiger partial charge on any atom is 0.322 e. The molecule has 0 radical (unpaired) electrons. The van der Waals surface area contributed by atoms with Gasteiger partial charge in [0.1, 0.15) is 17.6 Å². The first-order chi connectivity index (χ1) is 14.4. The highest BCUT2D eigenvalue weighted by Gasteiger charge is 2.35. The summed E-state index contributed by atoms with van der Waals surface area (Å²) in [5.41, 5.74) is 1.74. The SMILES string of the molecule is CN1OC(CO)Cn2nc3c(c2C1=O)CN(C(=O)Nc1cc(C#N)ccc1F)CC3. The van der Waals surface area contributed by atoms with Crippen LogP contribution < -0.4 is 5.32 Å². The fourth-order valence-electron chi connectivity index (χ4n) is 3.59. The third-order valence-electron chi connectivity index (χ3n) is 5.10. The molecule has 1 aromatic carbocycles. The van der Waals surface area contributed by atoms with Gasteiger partial charge < -0.3 is 15.3 Å². The van der Waals surface area contributed by atoms with Gasteiger partial charge in [0.05, 0.1) is 42.7 Å². The number of urea groups is 1. The van der Waals surface area contributed by atoms with Crippen LogP contribution in [0.4, 0.5) is 14.9 Å². The molecular weight excluding hydrogens is 395 g/mol. The average Bonchev–Trinajstić information content (AvgIpc) is 3.05. The Labute approximate surface area is 171 Å². The van der Waals surface area contributed by atoms with E-state index in [2.05, 4.69) is 10.4 Å². The molecule has 30 heavy (non-hydrogen) atoms. The number of carbonyl (C=O) groups excluding carboxylic acids is 2. The van der Waals surface area contributed by atoms with E-state index in [1.807, 2.05) is 6.07 Å². The van der Waals surface area contributed by atoms with E-state index in [1.54, 1.807) is 0 Å². The predicted molar refractivity (Wildman–Crippen MR) is 101 cm³/mol. The summed E-state index contributed by atoms with van der Waals surface area (Å²) in [5, 5.41) is 26.4. The molecule has 0 aliphatic carbocycles. The minimum Gasteiger partial charge on any atom is -0.393 e. The van der Waals surface area contributed by atoms with E-state index in [4.69, 9.17) is 10.1 Å². The topological polar surface area (TPSA) is 124 Å². The highest BCUT2D eigenvalue weighted by Crippen LogP contribution is 2.27. The summed E-state index contributed by atoms with van der Waals surface area (Å²) < 4.78 is 15.5. The quantitative estimate of drug-likeness (QED) is 0.751. The minimum absolute atomic E-state index is 0.0892. The second-order valence-electron chi connectivity index (χ2n) is 7.08. The van der Waals surface area contributed by atoms with Crippen molar-refractivity contribution >= 4 is 17.6 Å². The van der Waals surface area contributed by atoms with Crippen LogP contribution in [0, 0.1) is 17.1 Å². The smallest absolute Gasteiger partial charge is 0.322 e. The zero-order valence-electron chi connectivity index (χ0n) is 16.1. The number of amides is 3. The van der Waals surface area contributed by atoms with Gasteiger partial charge >= 0.3 is 6.03 Å². The zero-order chi connectivity index (χ0) is 21.4. The summed E-state index contributed by atoms with van der Waals surface area (Å²) in [6, 6.07) is 5.06. The van der Waals surface area contributed by atoms with Crippen LogP contribution in [0.25, 0.3) is 0 Å². The van der Waals surface area contributed by atoms with Crippen LogP contribution in [-0.4, -0.2) is 63.1 Å².